The number of hydrogen-bond acceptors (Lipinski definition) is 4. The highest BCUT2D eigenvalue weighted by Crippen LogP contribution is 2.27. The number of hydrogen-bond donors (Lipinski definition) is 2. The average Bonchev–Trinajstić information content (AvgIpc) is 2.33. The molecule has 108 valence electrons. The second-order valence-electron chi connectivity index (χ2n) is 4.54. The van der Waals surface area contributed by atoms with Crippen molar-refractivity contribution < 1.29 is 14.6 Å². The Hall–Kier alpha value is -0.620. The summed E-state index contributed by atoms with van der Waals surface area (Å²) in [7, 11) is 1.62. The van der Waals surface area contributed by atoms with E-state index in [4.69, 9.17) is 9.47 Å². The van der Waals surface area contributed by atoms with Gasteiger partial charge in [0.05, 0.1) is 31.6 Å². The second-order valence-corrected chi connectivity index (χ2v) is 5.40. The van der Waals surface area contributed by atoms with E-state index >= 15 is 0 Å². The van der Waals surface area contributed by atoms with Crippen LogP contribution in [0, 0.1) is 13.8 Å². The molecule has 0 saturated carbocycles. The minimum Gasteiger partial charge on any atom is -0.389 e. The molecule has 0 amide bonds. The van der Waals surface area contributed by atoms with Crippen molar-refractivity contribution in [2.45, 2.75) is 20.0 Å². The molecule has 0 spiro atoms. The molecule has 0 saturated heterocycles. The highest BCUT2D eigenvalue weighted by Gasteiger charge is 2.08. The third kappa shape index (κ3) is 5.91. The minimum atomic E-state index is -0.538. The summed E-state index contributed by atoms with van der Waals surface area (Å²) in [6.45, 7) is 5.90. The van der Waals surface area contributed by atoms with E-state index in [2.05, 4.69) is 40.3 Å². The molecule has 0 aliphatic heterocycles. The first-order valence-electron chi connectivity index (χ1n) is 6.30. The first-order valence-corrected chi connectivity index (χ1v) is 7.09. The van der Waals surface area contributed by atoms with Crippen LogP contribution in [0.1, 0.15) is 11.1 Å². The van der Waals surface area contributed by atoms with Gasteiger partial charge in [-0.15, -0.1) is 0 Å². The molecule has 1 unspecified atom stereocenters. The quantitative estimate of drug-likeness (QED) is 0.718. The highest BCUT2D eigenvalue weighted by atomic mass is 79.9. The van der Waals surface area contributed by atoms with Crippen LogP contribution in [0.3, 0.4) is 0 Å². The third-order valence-corrected chi connectivity index (χ3v) is 3.31. The number of benzene rings is 1. The van der Waals surface area contributed by atoms with Gasteiger partial charge in [0.1, 0.15) is 0 Å². The van der Waals surface area contributed by atoms with Crippen LogP contribution < -0.4 is 5.32 Å². The van der Waals surface area contributed by atoms with Gasteiger partial charge in [-0.2, -0.15) is 0 Å². The molecule has 0 radical (unpaired) electrons. The molecule has 0 heterocycles. The Balaban J connectivity index is 2.40. The molecule has 2 N–H and O–H groups in total. The molecule has 19 heavy (non-hydrogen) atoms. The summed E-state index contributed by atoms with van der Waals surface area (Å²) >= 11 is 3.53. The zero-order valence-corrected chi connectivity index (χ0v) is 13.3. The molecule has 1 aromatic rings. The Labute approximate surface area is 123 Å². The van der Waals surface area contributed by atoms with Gasteiger partial charge < -0.3 is 19.9 Å². The summed E-state index contributed by atoms with van der Waals surface area (Å²) in [4.78, 5) is 0. The van der Waals surface area contributed by atoms with Crippen LogP contribution >= 0.6 is 15.9 Å². The normalized spacial score (nSPS) is 12.5. The lowest BCUT2D eigenvalue weighted by molar-refractivity contribution is 0.0182. The maximum atomic E-state index is 9.80. The predicted molar refractivity (Wildman–Crippen MR) is 80.8 cm³/mol. The molecular formula is C14H22BrNO3. The van der Waals surface area contributed by atoms with Crippen molar-refractivity contribution in [3.8, 4) is 0 Å². The van der Waals surface area contributed by atoms with Gasteiger partial charge >= 0.3 is 0 Å². The van der Waals surface area contributed by atoms with E-state index in [-0.39, 0.29) is 0 Å². The Morgan fingerprint density at radius 1 is 1.32 bits per heavy atom. The fourth-order valence-electron chi connectivity index (χ4n) is 1.78. The van der Waals surface area contributed by atoms with Crippen molar-refractivity contribution >= 4 is 21.6 Å². The van der Waals surface area contributed by atoms with Crippen molar-refractivity contribution in [2.24, 2.45) is 0 Å². The molecule has 0 aliphatic carbocycles. The van der Waals surface area contributed by atoms with Gasteiger partial charge in [-0.1, -0.05) is 6.07 Å². The molecule has 0 aromatic heterocycles. The van der Waals surface area contributed by atoms with Crippen LogP contribution in [-0.2, 0) is 9.47 Å². The first-order chi connectivity index (χ1) is 9.04. The minimum absolute atomic E-state index is 0.304. The van der Waals surface area contributed by atoms with Crippen LogP contribution in [0.4, 0.5) is 5.69 Å². The fourth-order valence-corrected chi connectivity index (χ4v) is 2.59. The number of aliphatic hydroxyl groups is 1. The van der Waals surface area contributed by atoms with Gasteiger partial charge in [-0.3, -0.25) is 0 Å². The fraction of sp³-hybridized carbons (Fsp3) is 0.571. The summed E-state index contributed by atoms with van der Waals surface area (Å²) in [5.41, 5.74) is 3.37. The zero-order valence-electron chi connectivity index (χ0n) is 11.7. The summed E-state index contributed by atoms with van der Waals surface area (Å²) in [5, 5.41) is 13.0. The summed E-state index contributed by atoms with van der Waals surface area (Å²) < 4.78 is 11.2. The number of aliphatic hydroxyl groups excluding tert-OH is 1. The molecule has 1 atom stereocenters. The molecule has 1 aromatic carbocycles. The van der Waals surface area contributed by atoms with Gasteiger partial charge in [0.15, 0.2) is 0 Å². The summed E-state index contributed by atoms with van der Waals surface area (Å²) in [6, 6.07) is 4.16. The van der Waals surface area contributed by atoms with Crippen molar-refractivity contribution in [1.82, 2.24) is 0 Å². The number of aryl methyl sites for hydroxylation is 2. The average molecular weight is 332 g/mol. The maximum Gasteiger partial charge on any atom is 0.0945 e. The summed E-state index contributed by atoms with van der Waals surface area (Å²) in [6.07, 6.45) is -0.538. The number of anilines is 1. The molecule has 5 heteroatoms. The van der Waals surface area contributed by atoms with Crippen LogP contribution in [0.15, 0.2) is 16.6 Å². The zero-order chi connectivity index (χ0) is 14.3. The van der Waals surface area contributed by atoms with E-state index < -0.39 is 6.10 Å². The number of halogens is 1. The van der Waals surface area contributed by atoms with Gasteiger partial charge in [-0.25, -0.2) is 0 Å². The topological polar surface area (TPSA) is 50.7 Å². The predicted octanol–water partition coefficient (Wildman–Crippen LogP) is 2.50. The number of nitrogens with one attached hydrogen (secondary N) is 1. The molecule has 1 rings (SSSR count). The van der Waals surface area contributed by atoms with Crippen LogP contribution in [-0.4, -0.2) is 44.7 Å². The lowest BCUT2D eigenvalue weighted by atomic mass is 10.1. The van der Waals surface area contributed by atoms with Crippen molar-refractivity contribution in [3.63, 3.8) is 0 Å². The Bertz CT molecular complexity index is 375. The van der Waals surface area contributed by atoms with Gasteiger partial charge in [0, 0.05) is 18.1 Å². The molecular weight excluding hydrogens is 310 g/mol. The van der Waals surface area contributed by atoms with Crippen LogP contribution in [0.2, 0.25) is 0 Å². The van der Waals surface area contributed by atoms with Crippen LogP contribution in [0.5, 0.6) is 0 Å². The largest absolute Gasteiger partial charge is 0.389 e. The standard InChI is InChI=1S/C14H22BrNO3/c1-10-6-11(2)14(13(15)7-10)16-8-12(17)9-19-5-4-18-3/h6-7,12,16-17H,4-5,8-9H2,1-3H3. The SMILES string of the molecule is COCCOCC(O)CNc1c(C)cc(C)cc1Br. The number of ether oxygens (including phenoxy) is 2. The Kier molecular flexibility index (Phi) is 7.38. The van der Waals surface area contributed by atoms with E-state index in [1.807, 2.05) is 6.92 Å². The molecule has 0 bridgehead atoms. The van der Waals surface area contributed by atoms with Crippen molar-refractivity contribution in [2.75, 3.05) is 38.8 Å². The Morgan fingerprint density at radius 2 is 2.05 bits per heavy atom. The lowest BCUT2D eigenvalue weighted by Gasteiger charge is -2.16. The lowest BCUT2D eigenvalue weighted by Crippen LogP contribution is -2.26. The second kappa shape index (κ2) is 8.53. The first kappa shape index (κ1) is 16.4. The number of rotatable bonds is 8. The third-order valence-electron chi connectivity index (χ3n) is 2.69. The van der Waals surface area contributed by atoms with E-state index in [9.17, 15) is 5.11 Å². The molecule has 0 aliphatic rings. The van der Waals surface area contributed by atoms with E-state index in [1.54, 1.807) is 7.11 Å². The Morgan fingerprint density at radius 3 is 2.68 bits per heavy atom. The van der Waals surface area contributed by atoms with E-state index in [0.717, 1.165) is 15.7 Å². The van der Waals surface area contributed by atoms with Crippen molar-refractivity contribution in [1.29, 1.82) is 0 Å². The highest BCUT2D eigenvalue weighted by molar-refractivity contribution is 9.10. The maximum absolute atomic E-state index is 9.80. The van der Waals surface area contributed by atoms with Crippen molar-refractivity contribution in [3.05, 3.63) is 27.7 Å². The molecule has 4 nitrogen and oxygen atoms in total. The smallest absolute Gasteiger partial charge is 0.0945 e. The van der Waals surface area contributed by atoms with E-state index in [1.165, 1.54) is 5.56 Å². The van der Waals surface area contributed by atoms with Gasteiger partial charge in [0.25, 0.3) is 0 Å². The van der Waals surface area contributed by atoms with Gasteiger partial charge in [-0.05, 0) is 47.0 Å². The monoisotopic (exact) mass is 331 g/mol. The van der Waals surface area contributed by atoms with Gasteiger partial charge in [0.2, 0.25) is 0 Å². The summed E-state index contributed by atoms with van der Waals surface area (Å²) in [5.74, 6) is 0. The molecule has 0 fully saturated rings. The van der Waals surface area contributed by atoms with Crippen LogP contribution in [0.25, 0.3) is 0 Å². The van der Waals surface area contributed by atoms with E-state index in [0.29, 0.717) is 26.4 Å². The number of methoxy groups -OCH3 is 1.